The van der Waals surface area contributed by atoms with Crippen LogP contribution in [0.15, 0.2) is 84.9 Å². The number of carbonyl (C=O) groups is 2. The Morgan fingerprint density at radius 3 is 1.94 bits per heavy atom. The van der Waals surface area contributed by atoms with E-state index in [2.05, 4.69) is 34.9 Å². The third-order valence-corrected chi connectivity index (χ3v) is 6.89. The van der Waals surface area contributed by atoms with E-state index in [1.807, 2.05) is 64.4 Å². The Morgan fingerprint density at radius 1 is 0.667 bits per heavy atom. The molecule has 0 bridgehead atoms. The molecule has 0 unspecified atom stereocenters. The van der Waals surface area contributed by atoms with E-state index in [1.165, 1.54) is 5.56 Å². The maximum Gasteiger partial charge on any atom is 0.223 e. The summed E-state index contributed by atoms with van der Waals surface area (Å²) in [6.07, 6.45) is 3.30. The number of hydrogen-bond donors (Lipinski definition) is 0. The van der Waals surface area contributed by atoms with Crippen molar-refractivity contribution in [2.45, 2.75) is 32.1 Å². The molecule has 5 rings (SSSR count). The van der Waals surface area contributed by atoms with E-state index in [9.17, 15) is 9.59 Å². The highest BCUT2D eigenvalue weighted by Crippen LogP contribution is 2.22. The van der Waals surface area contributed by atoms with Gasteiger partial charge in [0.15, 0.2) is 0 Å². The molecule has 1 aromatic heterocycles. The molecule has 6 nitrogen and oxygen atoms in total. The third kappa shape index (κ3) is 5.48. The molecule has 1 aliphatic rings. The highest BCUT2D eigenvalue weighted by Gasteiger charge is 2.24. The van der Waals surface area contributed by atoms with E-state index in [1.54, 1.807) is 0 Å². The monoisotopic (exact) mass is 480 g/mol. The minimum atomic E-state index is 0.123. The first-order chi connectivity index (χ1) is 17.7. The van der Waals surface area contributed by atoms with Gasteiger partial charge in [-0.05, 0) is 42.7 Å². The van der Waals surface area contributed by atoms with Gasteiger partial charge in [-0.15, -0.1) is 0 Å². The zero-order valence-electron chi connectivity index (χ0n) is 20.6. The smallest absolute Gasteiger partial charge is 0.223 e. The number of nitrogens with zero attached hydrogens (tertiary/aromatic N) is 4. The molecule has 2 heterocycles. The van der Waals surface area contributed by atoms with Gasteiger partial charge in [-0.2, -0.15) is 0 Å². The van der Waals surface area contributed by atoms with E-state index in [0.29, 0.717) is 45.4 Å². The molecular weight excluding hydrogens is 448 g/mol. The zero-order chi connectivity index (χ0) is 24.7. The molecule has 0 N–H and O–H groups in total. The number of fused-ring (bicyclic) bond motifs is 1. The van der Waals surface area contributed by atoms with Gasteiger partial charge in [-0.25, -0.2) is 4.98 Å². The lowest BCUT2D eigenvalue weighted by atomic mass is 10.1. The van der Waals surface area contributed by atoms with Gasteiger partial charge in [-0.1, -0.05) is 60.7 Å². The zero-order valence-corrected chi connectivity index (χ0v) is 20.6. The number of piperazine rings is 1. The summed E-state index contributed by atoms with van der Waals surface area (Å²) < 4.78 is 2.15. The molecule has 3 aromatic carbocycles. The van der Waals surface area contributed by atoms with Crippen molar-refractivity contribution in [1.29, 1.82) is 0 Å². The molecule has 1 fully saturated rings. The minimum Gasteiger partial charge on any atom is -0.339 e. The highest BCUT2D eigenvalue weighted by molar-refractivity contribution is 5.80. The first-order valence-corrected chi connectivity index (χ1v) is 12.8. The molecule has 4 aromatic rings. The first-order valence-electron chi connectivity index (χ1n) is 12.8. The number of benzene rings is 3. The lowest BCUT2D eigenvalue weighted by Gasteiger charge is -2.35. The van der Waals surface area contributed by atoms with E-state index >= 15 is 0 Å². The lowest BCUT2D eigenvalue weighted by Crippen LogP contribution is -2.50. The molecule has 0 aliphatic carbocycles. The number of amides is 2. The van der Waals surface area contributed by atoms with Crippen LogP contribution in [-0.4, -0.2) is 57.3 Å². The fraction of sp³-hybridized carbons (Fsp3) is 0.300. The minimum absolute atomic E-state index is 0.123. The Bertz CT molecular complexity index is 1310. The molecule has 0 radical (unpaired) electrons. The van der Waals surface area contributed by atoms with Crippen molar-refractivity contribution in [3.63, 3.8) is 0 Å². The lowest BCUT2D eigenvalue weighted by molar-refractivity contribution is -0.139. The van der Waals surface area contributed by atoms with Crippen molar-refractivity contribution in [2.24, 2.45) is 0 Å². The molecule has 6 heteroatoms. The van der Waals surface area contributed by atoms with Crippen molar-refractivity contribution in [3.8, 4) is 5.69 Å². The van der Waals surface area contributed by atoms with E-state index in [-0.39, 0.29) is 11.8 Å². The maximum atomic E-state index is 13.0. The molecule has 1 aliphatic heterocycles. The van der Waals surface area contributed by atoms with Crippen molar-refractivity contribution >= 4 is 22.8 Å². The summed E-state index contributed by atoms with van der Waals surface area (Å²) in [4.78, 5) is 34.3. The van der Waals surface area contributed by atoms with Crippen LogP contribution in [0, 0.1) is 0 Å². The average Bonchev–Trinajstić information content (AvgIpc) is 3.31. The van der Waals surface area contributed by atoms with Crippen molar-refractivity contribution in [2.75, 3.05) is 26.2 Å². The van der Waals surface area contributed by atoms with Gasteiger partial charge in [0.05, 0.1) is 11.0 Å². The summed E-state index contributed by atoms with van der Waals surface area (Å²) in [5, 5.41) is 0. The van der Waals surface area contributed by atoms with Crippen LogP contribution in [0.5, 0.6) is 0 Å². The Labute approximate surface area is 212 Å². The van der Waals surface area contributed by atoms with Gasteiger partial charge in [0.1, 0.15) is 5.82 Å². The SMILES string of the molecule is O=C(CCCc1ccccc1)N1CCN(C(=O)CCc2nc3ccccc3n2-c2ccccc2)CC1. The van der Waals surface area contributed by atoms with Crippen molar-refractivity contribution in [3.05, 3.63) is 96.3 Å². The molecule has 184 valence electrons. The molecule has 0 atom stereocenters. The third-order valence-electron chi connectivity index (χ3n) is 6.89. The van der Waals surface area contributed by atoms with Gasteiger partial charge >= 0.3 is 0 Å². The Morgan fingerprint density at radius 2 is 1.25 bits per heavy atom. The van der Waals surface area contributed by atoms with Crippen LogP contribution in [0.4, 0.5) is 0 Å². The molecule has 1 saturated heterocycles. The highest BCUT2D eigenvalue weighted by atomic mass is 16.2. The summed E-state index contributed by atoms with van der Waals surface area (Å²) in [6, 6.07) is 28.5. The number of aromatic nitrogens is 2. The van der Waals surface area contributed by atoms with Crippen LogP contribution < -0.4 is 0 Å². The molecule has 2 amide bonds. The largest absolute Gasteiger partial charge is 0.339 e. The van der Waals surface area contributed by atoms with Crippen LogP contribution in [0.2, 0.25) is 0 Å². The Hall–Kier alpha value is -3.93. The summed E-state index contributed by atoms with van der Waals surface area (Å²) in [5.41, 5.74) is 4.29. The second kappa shape index (κ2) is 11.2. The number of imidazole rings is 1. The van der Waals surface area contributed by atoms with E-state index < -0.39 is 0 Å². The van der Waals surface area contributed by atoms with Gasteiger partial charge in [0.2, 0.25) is 11.8 Å². The van der Waals surface area contributed by atoms with Gasteiger partial charge < -0.3 is 9.80 Å². The number of aryl methyl sites for hydroxylation is 2. The predicted molar refractivity (Wildman–Crippen MR) is 142 cm³/mol. The number of hydrogen-bond acceptors (Lipinski definition) is 3. The number of rotatable bonds is 8. The first kappa shape index (κ1) is 23.8. The van der Waals surface area contributed by atoms with Gasteiger partial charge in [0.25, 0.3) is 0 Å². The summed E-state index contributed by atoms with van der Waals surface area (Å²) in [6.45, 7) is 2.41. The number of para-hydroxylation sites is 3. The summed E-state index contributed by atoms with van der Waals surface area (Å²) in [5.74, 6) is 1.20. The summed E-state index contributed by atoms with van der Waals surface area (Å²) >= 11 is 0. The number of carbonyl (C=O) groups excluding carboxylic acids is 2. The standard InChI is InChI=1S/C30H32N4O2/c35-29(17-9-12-24-10-3-1-4-11-24)32-20-22-33(23-21-32)30(36)19-18-28-31-26-15-7-8-16-27(26)34(28)25-13-5-2-6-14-25/h1-8,10-11,13-16H,9,12,17-23H2. The Kier molecular flexibility index (Phi) is 7.41. The van der Waals surface area contributed by atoms with Gasteiger partial charge in [-0.3, -0.25) is 14.2 Å². The van der Waals surface area contributed by atoms with E-state index in [0.717, 1.165) is 35.4 Å². The average molecular weight is 481 g/mol. The van der Waals surface area contributed by atoms with Crippen molar-refractivity contribution in [1.82, 2.24) is 19.4 Å². The maximum absolute atomic E-state index is 13.0. The van der Waals surface area contributed by atoms with Crippen molar-refractivity contribution < 1.29 is 9.59 Å². The van der Waals surface area contributed by atoms with Crippen LogP contribution >= 0.6 is 0 Å². The fourth-order valence-corrected chi connectivity index (χ4v) is 4.94. The van der Waals surface area contributed by atoms with Gasteiger partial charge in [0, 0.05) is 51.1 Å². The van der Waals surface area contributed by atoms with E-state index in [4.69, 9.17) is 4.98 Å². The second-order valence-corrected chi connectivity index (χ2v) is 9.29. The molecule has 36 heavy (non-hydrogen) atoms. The second-order valence-electron chi connectivity index (χ2n) is 9.29. The Balaban J connectivity index is 1.14. The quantitative estimate of drug-likeness (QED) is 0.369. The predicted octanol–water partition coefficient (Wildman–Crippen LogP) is 4.65. The normalized spacial score (nSPS) is 13.8. The topological polar surface area (TPSA) is 58.4 Å². The van der Waals surface area contributed by atoms with Crippen LogP contribution in [0.3, 0.4) is 0 Å². The van der Waals surface area contributed by atoms with Crippen LogP contribution in [-0.2, 0) is 22.4 Å². The molecule has 0 saturated carbocycles. The van der Waals surface area contributed by atoms with Crippen LogP contribution in [0.1, 0.15) is 30.7 Å². The fourth-order valence-electron chi connectivity index (χ4n) is 4.94. The van der Waals surface area contributed by atoms with Crippen LogP contribution in [0.25, 0.3) is 16.7 Å². The molecule has 0 spiro atoms. The molecular formula is C30H32N4O2. The summed E-state index contributed by atoms with van der Waals surface area (Å²) in [7, 11) is 0.